The van der Waals surface area contributed by atoms with Crippen molar-refractivity contribution in [1.82, 2.24) is 0 Å². The van der Waals surface area contributed by atoms with E-state index < -0.39 is 6.10 Å². The zero-order chi connectivity index (χ0) is 11.4. The summed E-state index contributed by atoms with van der Waals surface area (Å²) in [6.45, 7) is 4.71. The zero-order valence-corrected chi connectivity index (χ0v) is 10.3. The van der Waals surface area contributed by atoms with Crippen molar-refractivity contribution in [3.8, 4) is 0 Å². The Hall–Kier alpha value is -0.730. The highest BCUT2D eigenvalue weighted by molar-refractivity contribution is 6.18. The minimum absolute atomic E-state index is 0.273. The van der Waals surface area contributed by atoms with E-state index in [9.17, 15) is 5.11 Å². The first kappa shape index (κ1) is 12.3. The molecular formula is C12H18ClNO. The minimum atomic E-state index is -0.475. The summed E-state index contributed by atoms with van der Waals surface area (Å²) in [5, 5.41) is 9.45. The van der Waals surface area contributed by atoms with E-state index in [-0.39, 0.29) is 5.88 Å². The Kier molecular flexibility index (Phi) is 4.43. The molecule has 2 nitrogen and oxygen atoms in total. The van der Waals surface area contributed by atoms with Gasteiger partial charge in [0.2, 0.25) is 0 Å². The molecule has 0 saturated carbocycles. The van der Waals surface area contributed by atoms with Gasteiger partial charge in [0.05, 0.1) is 12.0 Å². The number of aryl methyl sites for hydroxylation is 2. The first-order valence-electron chi connectivity index (χ1n) is 5.06. The Morgan fingerprint density at radius 2 is 1.80 bits per heavy atom. The number of hydrogen-bond donors (Lipinski definition) is 1. The standard InChI is InChI=1S/C12H18ClNO/c1-9-4-10(2)6-11(5-9)14(3)8-12(15)7-13/h4-6,12,15H,7-8H2,1-3H3. The summed E-state index contributed by atoms with van der Waals surface area (Å²) in [7, 11) is 1.96. The van der Waals surface area contributed by atoms with Gasteiger partial charge in [-0.15, -0.1) is 11.6 Å². The number of aliphatic hydroxyl groups excluding tert-OH is 1. The molecule has 1 atom stereocenters. The van der Waals surface area contributed by atoms with Crippen LogP contribution in [0.25, 0.3) is 0 Å². The first-order valence-corrected chi connectivity index (χ1v) is 5.60. The van der Waals surface area contributed by atoms with E-state index in [1.54, 1.807) is 0 Å². The van der Waals surface area contributed by atoms with Crippen LogP contribution in [0.1, 0.15) is 11.1 Å². The molecule has 15 heavy (non-hydrogen) atoms. The lowest BCUT2D eigenvalue weighted by molar-refractivity contribution is 0.205. The largest absolute Gasteiger partial charge is 0.390 e. The Balaban J connectivity index is 2.77. The smallest absolute Gasteiger partial charge is 0.0849 e. The van der Waals surface area contributed by atoms with Gasteiger partial charge < -0.3 is 10.0 Å². The number of nitrogens with zero attached hydrogens (tertiary/aromatic N) is 1. The van der Waals surface area contributed by atoms with Gasteiger partial charge in [-0.1, -0.05) is 6.07 Å². The SMILES string of the molecule is Cc1cc(C)cc(N(C)CC(O)CCl)c1. The van der Waals surface area contributed by atoms with Gasteiger partial charge >= 0.3 is 0 Å². The summed E-state index contributed by atoms with van der Waals surface area (Å²) in [5.74, 6) is 0.273. The number of aliphatic hydroxyl groups is 1. The topological polar surface area (TPSA) is 23.5 Å². The van der Waals surface area contributed by atoms with E-state index in [1.807, 2.05) is 11.9 Å². The molecule has 0 fully saturated rings. The minimum Gasteiger partial charge on any atom is -0.390 e. The molecule has 0 radical (unpaired) electrons. The van der Waals surface area contributed by atoms with Crippen molar-refractivity contribution in [2.24, 2.45) is 0 Å². The number of likely N-dealkylation sites (N-methyl/N-ethyl adjacent to an activating group) is 1. The maximum atomic E-state index is 9.45. The third-order valence-electron chi connectivity index (χ3n) is 2.31. The summed E-state index contributed by atoms with van der Waals surface area (Å²) in [6, 6.07) is 6.34. The fourth-order valence-corrected chi connectivity index (χ4v) is 1.74. The molecule has 0 aliphatic heterocycles. The average molecular weight is 228 g/mol. The zero-order valence-electron chi connectivity index (χ0n) is 9.50. The molecule has 0 aliphatic rings. The lowest BCUT2D eigenvalue weighted by Gasteiger charge is -2.22. The van der Waals surface area contributed by atoms with E-state index in [0.717, 1.165) is 5.69 Å². The van der Waals surface area contributed by atoms with Crippen LogP contribution in [0.2, 0.25) is 0 Å². The summed E-state index contributed by atoms with van der Waals surface area (Å²) >= 11 is 5.57. The van der Waals surface area contributed by atoms with Crippen LogP contribution in [-0.4, -0.2) is 30.7 Å². The maximum absolute atomic E-state index is 9.45. The van der Waals surface area contributed by atoms with Crippen LogP contribution in [-0.2, 0) is 0 Å². The monoisotopic (exact) mass is 227 g/mol. The Labute approximate surface area is 96.5 Å². The van der Waals surface area contributed by atoms with Crippen molar-refractivity contribution in [3.05, 3.63) is 29.3 Å². The first-order chi connectivity index (χ1) is 7.02. The third-order valence-corrected chi connectivity index (χ3v) is 2.67. The van der Waals surface area contributed by atoms with E-state index in [2.05, 4.69) is 32.0 Å². The molecule has 3 heteroatoms. The van der Waals surface area contributed by atoms with Gasteiger partial charge in [0, 0.05) is 19.3 Å². The molecule has 0 bridgehead atoms. The Bertz CT molecular complexity index is 307. The van der Waals surface area contributed by atoms with E-state index in [0.29, 0.717) is 6.54 Å². The summed E-state index contributed by atoms with van der Waals surface area (Å²) < 4.78 is 0. The predicted molar refractivity (Wildman–Crippen MR) is 65.9 cm³/mol. The second-order valence-corrected chi connectivity index (χ2v) is 4.34. The maximum Gasteiger partial charge on any atom is 0.0849 e. The van der Waals surface area contributed by atoms with Crippen LogP contribution in [0, 0.1) is 13.8 Å². The molecule has 1 aromatic rings. The molecule has 0 aliphatic carbocycles. The third kappa shape index (κ3) is 3.73. The predicted octanol–water partition coefficient (Wildman–Crippen LogP) is 2.34. The molecule has 0 aromatic heterocycles. The molecule has 1 unspecified atom stereocenters. The highest BCUT2D eigenvalue weighted by atomic mass is 35.5. The van der Waals surface area contributed by atoms with Crippen LogP contribution in [0.5, 0.6) is 0 Å². The van der Waals surface area contributed by atoms with Crippen molar-refractivity contribution in [2.45, 2.75) is 20.0 Å². The Morgan fingerprint density at radius 3 is 2.27 bits per heavy atom. The lowest BCUT2D eigenvalue weighted by atomic mass is 10.1. The quantitative estimate of drug-likeness (QED) is 0.799. The van der Waals surface area contributed by atoms with E-state index >= 15 is 0 Å². The molecule has 0 spiro atoms. The number of hydrogen-bond acceptors (Lipinski definition) is 2. The molecule has 0 amide bonds. The van der Waals surface area contributed by atoms with Gasteiger partial charge in [-0.25, -0.2) is 0 Å². The molecule has 1 aromatic carbocycles. The fourth-order valence-electron chi connectivity index (χ4n) is 1.64. The fraction of sp³-hybridized carbons (Fsp3) is 0.500. The van der Waals surface area contributed by atoms with Gasteiger partial charge in [0.15, 0.2) is 0 Å². The van der Waals surface area contributed by atoms with Crippen molar-refractivity contribution in [1.29, 1.82) is 0 Å². The second kappa shape index (κ2) is 5.38. The van der Waals surface area contributed by atoms with Crippen LogP contribution < -0.4 is 4.90 Å². The number of halogens is 1. The van der Waals surface area contributed by atoms with Gasteiger partial charge in [0.1, 0.15) is 0 Å². The Morgan fingerprint density at radius 1 is 1.27 bits per heavy atom. The average Bonchev–Trinajstić information content (AvgIpc) is 2.16. The van der Waals surface area contributed by atoms with Crippen LogP contribution in [0.4, 0.5) is 5.69 Å². The van der Waals surface area contributed by atoms with Gasteiger partial charge in [-0.3, -0.25) is 0 Å². The molecule has 1 N–H and O–H groups in total. The van der Waals surface area contributed by atoms with E-state index in [4.69, 9.17) is 11.6 Å². The van der Waals surface area contributed by atoms with Crippen molar-refractivity contribution in [3.63, 3.8) is 0 Å². The highest BCUT2D eigenvalue weighted by Crippen LogP contribution is 2.17. The summed E-state index contributed by atoms with van der Waals surface area (Å²) in [5.41, 5.74) is 3.59. The van der Waals surface area contributed by atoms with Gasteiger partial charge in [-0.05, 0) is 37.1 Å². The number of benzene rings is 1. The second-order valence-electron chi connectivity index (χ2n) is 4.03. The number of rotatable bonds is 4. The van der Waals surface area contributed by atoms with Crippen LogP contribution in [0.15, 0.2) is 18.2 Å². The molecular weight excluding hydrogens is 210 g/mol. The van der Waals surface area contributed by atoms with Gasteiger partial charge in [0.25, 0.3) is 0 Å². The molecule has 0 heterocycles. The van der Waals surface area contributed by atoms with E-state index in [1.165, 1.54) is 11.1 Å². The normalized spacial score (nSPS) is 12.6. The molecule has 1 rings (SSSR count). The van der Waals surface area contributed by atoms with Crippen molar-refractivity contribution >= 4 is 17.3 Å². The van der Waals surface area contributed by atoms with Crippen molar-refractivity contribution in [2.75, 3.05) is 24.4 Å². The molecule has 0 saturated heterocycles. The summed E-state index contributed by atoms with van der Waals surface area (Å²) in [6.07, 6.45) is -0.475. The lowest BCUT2D eigenvalue weighted by Crippen LogP contribution is -2.30. The highest BCUT2D eigenvalue weighted by Gasteiger charge is 2.08. The van der Waals surface area contributed by atoms with Crippen molar-refractivity contribution < 1.29 is 5.11 Å². The van der Waals surface area contributed by atoms with Crippen LogP contribution in [0.3, 0.4) is 0 Å². The number of anilines is 1. The number of alkyl halides is 1. The molecule has 84 valence electrons. The van der Waals surface area contributed by atoms with Gasteiger partial charge in [-0.2, -0.15) is 0 Å². The van der Waals surface area contributed by atoms with Crippen LogP contribution >= 0.6 is 11.6 Å². The summed E-state index contributed by atoms with van der Waals surface area (Å²) in [4.78, 5) is 2.02.